The predicted molar refractivity (Wildman–Crippen MR) is 123 cm³/mol. The molecule has 0 aliphatic rings. The highest BCUT2D eigenvalue weighted by molar-refractivity contribution is 7.98. The summed E-state index contributed by atoms with van der Waals surface area (Å²) < 4.78 is 18.4. The Labute approximate surface area is 176 Å². The summed E-state index contributed by atoms with van der Waals surface area (Å²) in [6.45, 7) is 7.76. The van der Waals surface area contributed by atoms with Crippen LogP contribution in [-0.4, -0.2) is 17.1 Å². The van der Waals surface area contributed by atoms with Gasteiger partial charge in [0.1, 0.15) is 5.82 Å². The molecule has 0 aliphatic carbocycles. The molecule has 3 aromatic rings. The first-order chi connectivity index (χ1) is 14.2. The number of aromatic amines is 1. The van der Waals surface area contributed by atoms with Gasteiger partial charge in [-0.2, -0.15) is 0 Å². The molecule has 0 saturated heterocycles. The Balaban J connectivity index is 0.00000145. The van der Waals surface area contributed by atoms with Gasteiger partial charge in [-0.05, 0) is 65.7 Å². The van der Waals surface area contributed by atoms with Gasteiger partial charge in [0, 0.05) is 40.6 Å². The molecule has 3 nitrogen and oxygen atoms in total. The Kier molecular flexibility index (Phi) is 9.15. The number of hydrogen-bond donors (Lipinski definition) is 1. The number of nitrogens with one attached hydrogen (secondary N) is 1. The molecule has 150 valence electrons. The van der Waals surface area contributed by atoms with Crippen LogP contribution in [0.1, 0.15) is 19.5 Å². The number of rotatable bonds is 7. The molecule has 3 rings (SSSR count). The summed E-state index contributed by atoms with van der Waals surface area (Å²) in [5.74, 6) is -0.256. The van der Waals surface area contributed by atoms with Crippen LogP contribution in [0.5, 0.6) is 0 Å². The van der Waals surface area contributed by atoms with Gasteiger partial charge in [0.15, 0.2) is 0 Å². The Morgan fingerprint density at radius 1 is 1.10 bits per heavy atom. The van der Waals surface area contributed by atoms with E-state index in [0.717, 1.165) is 33.0 Å². The minimum atomic E-state index is -0.256. The van der Waals surface area contributed by atoms with Gasteiger partial charge in [0.2, 0.25) is 0 Å². The second-order valence-electron chi connectivity index (χ2n) is 5.64. The summed E-state index contributed by atoms with van der Waals surface area (Å²) in [7, 11) is 1.62. The highest BCUT2D eigenvalue weighted by atomic mass is 32.2. The number of pyridine rings is 1. The fraction of sp³-hybridized carbons (Fsp3) is 0.125. The first-order valence-electron chi connectivity index (χ1n) is 9.32. The Bertz CT molecular complexity index is 960. The van der Waals surface area contributed by atoms with E-state index in [0.29, 0.717) is 0 Å². The van der Waals surface area contributed by atoms with Gasteiger partial charge < -0.3 is 9.17 Å². The van der Waals surface area contributed by atoms with Crippen LogP contribution in [0.2, 0.25) is 0 Å². The van der Waals surface area contributed by atoms with E-state index < -0.39 is 0 Å². The first-order valence-corrected chi connectivity index (χ1v) is 10.1. The molecule has 5 heteroatoms. The van der Waals surface area contributed by atoms with Gasteiger partial charge in [0.05, 0.1) is 12.8 Å². The van der Waals surface area contributed by atoms with Gasteiger partial charge in [-0.3, -0.25) is 4.98 Å². The lowest BCUT2D eigenvalue weighted by Crippen LogP contribution is -1.84. The number of nitrogens with zero attached hydrogens (tertiary/aromatic N) is 1. The van der Waals surface area contributed by atoms with Crippen LogP contribution < -0.4 is 0 Å². The van der Waals surface area contributed by atoms with E-state index in [2.05, 4.69) is 22.6 Å². The molecular weight excluding hydrogens is 383 g/mol. The van der Waals surface area contributed by atoms with Crippen molar-refractivity contribution in [2.45, 2.75) is 13.8 Å². The predicted octanol–water partition coefficient (Wildman–Crippen LogP) is 7.29. The molecule has 0 unspecified atom stereocenters. The van der Waals surface area contributed by atoms with Crippen molar-refractivity contribution in [3.63, 3.8) is 0 Å². The van der Waals surface area contributed by atoms with Gasteiger partial charge in [-0.1, -0.05) is 32.6 Å². The summed E-state index contributed by atoms with van der Waals surface area (Å²) in [5.41, 5.74) is 4.85. The molecular formula is C24H25FN2OS. The topological polar surface area (TPSA) is 37.9 Å². The van der Waals surface area contributed by atoms with Crippen LogP contribution in [0.3, 0.4) is 0 Å². The second kappa shape index (κ2) is 11.8. The summed E-state index contributed by atoms with van der Waals surface area (Å²) in [5, 5.41) is 0. The molecule has 0 amide bonds. The SMILES string of the molecule is C=C/C(=C\C=C\c1cc(-c2ccncc2)c(-c2ccc(F)cc2)[nH]1)SOC.CC. The Morgan fingerprint density at radius 2 is 1.79 bits per heavy atom. The minimum Gasteiger partial charge on any atom is -0.355 e. The molecule has 0 radical (unpaired) electrons. The van der Waals surface area contributed by atoms with E-state index in [1.807, 2.05) is 44.2 Å². The molecule has 0 fully saturated rings. The van der Waals surface area contributed by atoms with Crippen LogP contribution in [0.25, 0.3) is 28.5 Å². The number of aromatic nitrogens is 2. The molecule has 0 bridgehead atoms. The molecule has 0 atom stereocenters. The second-order valence-corrected chi connectivity index (χ2v) is 6.61. The molecule has 0 saturated carbocycles. The molecule has 2 aromatic heterocycles. The van der Waals surface area contributed by atoms with Crippen LogP contribution in [0.4, 0.5) is 4.39 Å². The maximum atomic E-state index is 13.3. The number of halogens is 1. The van der Waals surface area contributed by atoms with Crippen molar-refractivity contribution in [1.29, 1.82) is 0 Å². The largest absolute Gasteiger partial charge is 0.355 e. The van der Waals surface area contributed by atoms with Crippen LogP contribution in [0, 0.1) is 5.82 Å². The van der Waals surface area contributed by atoms with Gasteiger partial charge in [-0.15, -0.1) is 0 Å². The quantitative estimate of drug-likeness (QED) is 0.329. The lowest BCUT2D eigenvalue weighted by molar-refractivity contribution is 0.493. The molecule has 29 heavy (non-hydrogen) atoms. The summed E-state index contributed by atoms with van der Waals surface area (Å²) in [6, 6.07) is 12.4. The number of benzene rings is 1. The van der Waals surface area contributed by atoms with E-state index in [9.17, 15) is 4.39 Å². The number of H-pyrrole nitrogens is 1. The monoisotopic (exact) mass is 408 g/mol. The Morgan fingerprint density at radius 3 is 2.41 bits per heavy atom. The van der Waals surface area contributed by atoms with Crippen molar-refractivity contribution in [1.82, 2.24) is 9.97 Å². The molecule has 0 aliphatic heterocycles. The lowest BCUT2D eigenvalue weighted by Gasteiger charge is -2.04. The van der Waals surface area contributed by atoms with E-state index >= 15 is 0 Å². The van der Waals surface area contributed by atoms with Crippen LogP contribution >= 0.6 is 12.0 Å². The maximum absolute atomic E-state index is 13.3. The number of allylic oxidation sites excluding steroid dienone is 3. The molecule has 2 heterocycles. The lowest BCUT2D eigenvalue weighted by atomic mass is 10.0. The van der Waals surface area contributed by atoms with Crippen molar-refractivity contribution >= 4 is 18.1 Å². The van der Waals surface area contributed by atoms with Gasteiger partial charge >= 0.3 is 0 Å². The van der Waals surface area contributed by atoms with E-state index in [1.165, 1.54) is 24.2 Å². The maximum Gasteiger partial charge on any atom is 0.123 e. The fourth-order valence-corrected chi connectivity index (χ4v) is 3.04. The van der Waals surface area contributed by atoms with Crippen molar-refractivity contribution in [2.75, 3.05) is 7.11 Å². The number of hydrogen-bond acceptors (Lipinski definition) is 3. The molecule has 1 aromatic carbocycles. The van der Waals surface area contributed by atoms with E-state index in [4.69, 9.17) is 4.18 Å². The third kappa shape index (κ3) is 6.31. The van der Waals surface area contributed by atoms with Gasteiger partial charge in [-0.25, -0.2) is 4.39 Å². The minimum absolute atomic E-state index is 0.256. The van der Waals surface area contributed by atoms with E-state index in [1.54, 1.807) is 37.7 Å². The zero-order valence-corrected chi connectivity index (χ0v) is 17.7. The van der Waals surface area contributed by atoms with Crippen molar-refractivity contribution < 1.29 is 8.57 Å². The average molecular weight is 409 g/mol. The zero-order valence-electron chi connectivity index (χ0n) is 16.9. The highest BCUT2D eigenvalue weighted by Gasteiger charge is 2.11. The summed E-state index contributed by atoms with van der Waals surface area (Å²) >= 11 is 1.25. The standard InChI is InChI=1S/C22H19FN2OS.C2H6/c1-3-20(27-26-2)6-4-5-19-15-21(16-11-13-24-14-12-16)22(25-19)17-7-9-18(23)10-8-17;1-2/h3-15,25H,1H2,2H3;1-2H3/b5-4+,20-6+;. The first kappa shape index (κ1) is 22.4. The molecule has 0 spiro atoms. The third-order valence-electron chi connectivity index (χ3n) is 3.88. The highest BCUT2D eigenvalue weighted by Crippen LogP contribution is 2.33. The zero-order chi connectivity index (χ0) is 21.1. The summed E-state index contributed by atoms with van der Waals surface area (Å²) in [6.07, 6.45) is 11.1. The Hall–Kier alpha value is -2.89. The van der Waals surface area contributed by atoms with Crippen LogP contribution in [-0.2, 0) is 4.18 Å². The fourth-order valence-electron chi connectivity index (χ4n) is 2.64. The summed E-state index contributed by atoms with van der Waals surface area (Å²) in [4.78, 5) is 8.41. The van der Waals surface area contributed by atoms with Crippen molar-refractivity contribution in [2.24, 2.45) is 0 Å². The normalized spacial score (nSPS) is 11.2. The van der Waals surface area contributed by atoms with E-state index in [-0.39, 0.29) is 5.82 Å². The van der Waals surface area contributed by atoms with Crippen molar-refractivity contribution in [3.8, 4) is 22.4 Å². The smallest absolute Gasteiger partial charge is 0.123 e. The third-order valence-corrected chi connectivity index (χ3v) is 4.54. The average Bonchev–Trinajstić information content (AvgIpc) is 3.20. The molecule has 1 N–H and O–H groups in total. The van der Waals surface area contributed by atoms with Gasteiger partial charge in [0.25, 0.3) is 0 Å². The van der Waals surface area contributed by atoms with Crippen molar-refractivity contribution in [3.05, 3.63) is 96.1 Å². The van der Waals surface area contributed by atoms with Crippen LogP contribution in [0.15, 0.2) is 84.6 Å².